The lowest BCUT2D eigenvalue weighted by molar-refractivity contribution is 0.0531. The second-order valence-corrected chi connectivity index (χ2v) is 6.79. The standard InChI is InChI=1S/C17H20O4S/c1-13-8-9-17(22(18,19)20)16(10-13)11-14(2)21-12-15-6-4-3-5-7-15/h3-10,14H,11-12H2,1-2H3,(H,18,19,20)/t14-/m1/s1. The first-order chi connectivity index (χ1) is 10.4. The molecule has 1 atom stereocenters. The molecule has 0 aliphatic carbocycles. The van der Waals surface area contributed by atoms with Crippen LogP contribution in [0, 0.1) is 6.92 Å². The Morgan fingerprint density at radius 1 is 1.14 bits per heavy atom. The van der Waals surface area contributed by atoms with Gasteiger partial charge in [-0.2, -0.15) is 8.42 Å². The number of rotatable bonds is 6. The van der Waals surface area contributed by atoms with Crippen LogP contribution in [-0.4, -0.2) is 19.1 Å². The van der Waals surface area contributed by atoms with Gasteiger partial charge in [0, 0.05) is 0 Å². The van der Waals surface area contributed by atoms with E-state index in [2.05, 4.69) is 0 Å². The minimum atomic E-state index is -4.22. The van der Waals surface area contributed by atoms with Gasteiger partial charge in [-0.15, -0.1) is 0 Å². The normalized spacial score (nSPS) is 13.0. The average Bonchev–Trinajstić information content (AvgIpc) is 2.45. The van der Waals surface area contributed by atoms with Crippen LogP contribution < -0.4 is 0 Å². The molecule has 0 aliphatic heterocycles. The van der Waals surface area contributed by atoms with Crippen LogP contribution in [0.5, 0.6) is 0 Å². The van der Waals surface area contributed by atoms with Gasteiger partial charge in [0.2, 0.25) is 0 Å². The molecule has 0 heterocycles. The van der Waals surface area contributed by atoms with Gasteiger partial charge < -0.3 is 4.74 Å². The largest absolute Gasteiger partial charge is 0.373 e. The average molecular weight is 320 g/mol. The molecule has 2 aromatic rings. The quantitative estimate of drug-likeness (QED) is 0.829. The van der Waals surface area contributed by atoms with E-state index in [4.69, 9.17) is 4.74 Å². The zero-order chi connectivity index (χ0) is 16.2. The molecule has 0 unspecified atom stereocenters. The fourth-order valence-corrected chi connectivity index (χ4v) is 3.01. The molecule has 22 heavy (non-hydrogen) atoms. The first-order valence-electron chi connectivity index (χ1n) is 7.09. The summed E-state index contributed by atoms with van der Waals surface area (Å²) in [5.41, 5.74) is 2.58. The lowest BCUT2D eigenvalue weighted by Crippen LogP contribution is -2.14. The Bertz CT molecular complexity index is 724. The summed E-state index contributed by atoms with van der Waals surface area (Å²) >= 11 is 0. The maximum absolute atomic E-state index is 11.4. The van der Waals surface area contributed by atoms with Crippen molar-refractivity contribution in [3.05, 3.63) is 65.2 Å². The molecule has 0 fully saturated rings. The molecule has 0 aromatic heterocycles. The topological polar surface area (TPSA) is 63.6 Å². The molecule has 2 rings (SSSR count). The molecule has 0 saturated carbocycles. The van der Waals surface area contributed by atoms with E-state index in [1.807, 2.05) is 44.2 Å². The molecule has 0 spiro atoms. The van der Waals surface area contributed by atoms with Gasteiger partial charge in [-0.1, -0.05) is 48.0 Å². The fourth-order valence-electron chi connectivity index (χ4n) is 2.30. The van der Waals surface area contributed by atoms with Gasteiger partial charge in [0.15, 0.2) is 0 Å². The lowest BCUT2D eigenvalue weighted by atomic mass is 10.1. The van der Waals surface area contributed by atoms with Crippen LogP contribution in [0.3, 0.4) is 0 Å². The molecule has 0 amide bonds. The van der Waals surface area contributed by atoms with Crippen molar-refractivity contribution >= 4 is 10.1 Å². The summed E-state index contributed by atoms with van der Waals surface area (Å²) in [6.07, 6.45) is 0.256. The summed E-state index contributed by atoms with van der Waals surface area (Å²) in [6.45, 7) is 4.24. The highest BCUT2D eigenvalue weighted by atomic mass is 32.2. The predicted octanol–water partition coefficient (Wildman–Crippen LogP) is 3.39. The summed E-state index contributed by atoms with van der Waals surface area (Å²) in [5.74, 6) is 0. The highest BCUT2D eigenvalue weighted by Crippen LogP contribution is 2.20. The molecule has 2 aromatic carbocycles. The van der Waals surface area contributed by atoms with E-state index in [0.29, 0.717) is 18.6 Å². The predicted molar refractivity (Wildman–Crippen MR) is 85.4 cm³/mol. The second kappa shape index (κ2) is 7.05. The van der Waals surface area contributed by atoms with Gasteiger partial charge in [0.25, 0.3) is 10.1 Å². The van der Waals surface area contributed by atoms with Crippen molar-refractivity contribution in [1.82, 2.24) is 0 Å². The number of benzene rings is 2. The van der Waals surface area contributed by atoms with Crippen LogP contribution in [0.2, 0.25) is 0 Å². The summed E-state index contributed by atoms with van der Waals surface area (Å²) in [6, 6.07) is 14.7. The van der Waals surface area contributed by atoms with Crippen molar-refractivity contribution in [2.45, 2.75) is 37.9 Å². The van der Waals surface area contributed by atoms with Gasteiger partial charge in [0.05, 0.1) is 17.6 Å². The first-order valence-corrected chi connectivity index (χ1v) is 8.53. The van der Waals surface area contributed by atoms with Crippen LogP contribution in [0.15, 0.2) is 53.4 Å². The third-order valence-corrected chi connectivity index (χ3v) is 4.33. The van der Waals surface area contributed by atoms with Crippen molar-refractivity contribution in [3.8, 4) is 0 Å². The fraction of sp³-hybridized carbons (Fsp3) is 0.294. The number of ether oxygens (including phenoxy) is 1. The smallest absolute Gasteiger partial charge is 0.294 e. The molecule has 5 heteroatoms. The van der Waals surface area contributed by atoms with E-state index < -0.39 is 10.1 Å². The van der Waals surface area contributed by atoms with Gasteiger partial charge in [-0.25, -0.2) is 0 Å². The Hall–Kier alpha value is -1.69. The molecule has 1 N–H and O–H groups in total. The minimum absolute atomic E-state index is 0.0479. The maximum Gasteiger partial charge on any atom is 0.294 e. The summed E-state index contributed by atoms with van der Waals surface area (Å²) in [7, 11) is -4.22. The van der Waals surface area contributed by atoms with Crippen molar-refractivity contribution < 1.29 is 17.7 Å². The zero-order valence-electron chi connectivity index (χ0n) is 12.7. The van der Waals surface area contributed by atoms with Crippen LogP contribution >= 0.6 is 0 Å². The van der Waals surface area contributed by atoms with Crippen molar-refractivity contribution in [2.24, 2.45) is 0 Å². The number of hydrogen-bond acceptors (Lipinski definition) is 3. The Labute approximate surface area is 131 Å². The summed E-state index contributed by atoms with van der Waals surface area (Å²) in [4.78, 5) is -0.0479. The molecule has 0 saturated heterocycles. The van der Waals surface area contributed by atoms with Crippen LogP contribution in [0.4, 0.5) is 0 Å². The lowest BCUT2D eigenvalue weighted by Gasteiger charge is -2.15. The molecular formula is C17H20O4S. The van der Waals surface area contributed by atoms with E-state index in [1.54, 1.807) is 12.1 Å². The summed E-state index contributed by atoms with van der Waals surface area (Å²) < 4.78 is 38.0. The second-order valence-electron chi connectivity index (χ2n) is 5.40. The Morgan fingerprint density at radius 3 is 2.45 bits per heavy atom. The summed E-state index contributed by atoms with van der Waals surface area (Å²) in [5, 5.41) is 0. The Morgan fingerprint density at radius 2 is 1.82 bits per heavy atom. The Kier molecular flexibility index (Phi) is 5.34. The van der Waals surface area contributed by atoms with Gasteiger partial charge in [0.1, 0.15) is 0 Å². The van der Waals surface area contributed by atoms with Crippen LogP contribution in [0.25, 0.3) is 0 Å². The Balaban J connectivity index is 2.08. The van der Waals surface area contributed by atoms with Gasteiger partial charge >= 0.3 is 0 Å². The van der Waals surface area contributed by atoms with E-state index in [9.17, 15) is 13.0 Å². The molecule has 118 valence electrons. The number of hydrogen-bond donors (Lipinski definition) is 1. The van der Waals surface area contributed by atoms with Crippen LogP contribution in [-0.2, 0) is 27.9 Å². The molecule has 0 radical (unpaired) electrons. The monoisotopic (exact) mass is 320 g/mol. The highest BCUT2D eigenvalue weighted by Gasteiger charge is 2.17. The van der Waals surface area contributed by atoms with E-state index in [-0.39, 0.29) is 11.0 Å². The highest BCUT2D eigenvalue weighted by molar-refractivity contribution is 7.85. The van der Waals surface area contributed by atoms with Gasteiger partial charge in [-0.05, 0) is 37.5 Å². The van der Waals surface area contributed by atoms with E-state index in [0.717, 1.165) is 11.1 Å². The van der Waals surface area contributed by atoms with Crippen molar-refractivity contribution in [3.63, 3.8) is 0 Å². The van der Waals surface area contributed by atoms with Crippen LogP contribution in [0.1, 0.15) is 23.6 Å². The molecule has 4 nitrogen and oxygen atoms in total. The molecule has 0 bridgehead atoms. The minimum Gasteiger partial charge on any atom is -0.373 e. The number of aryl methyl sites for hydroxylation is 1. The van der Waals surface area contributed by atoms with Gasteiger partial charge in [-0.3, -0.25) is 4.55 Å². The van der Waals surface area contributed by atoms with E-state index >= 15 is 0 Å². The third-order valence-electron chi connectivity index (χ3n) is 3.38. The zero-order valence-corrected chi connectivity index (χ0v) is 13.5. The first kappa shape index (κ1) is 16.7. The SMILES string of the molecule is Cc1ccc(S(=O)(=O)O)c(C[C@@H](C)OCc2ccccc2)c1. The van der Waals surface area contributed by atoms with Crippen molar-refractivity contribution in [1.29, 1.82) is 0 Å². The molecular weight excluding hydrogens is 300 g/mol. The maximum atomic E-state index is 11.4. The van der Waals surface area contributed by atoms with Crippen molar-refractivity contribution in [2.75, 3.05) is 0 Å². The third kappa shape index (κ3) is 4.66. The molecule has 0 aliphatic rings. The van der Waals surface area contributed by atoms with E-state index in [1.165, 1.54) is 6.07 Å².